The number of nitrogens with one attached hydrogen (secondary N) is 1. The van der Waals surface area contributed by atoms with Crippen LogP contribution in [0.3, 0.4) is 0 Å². The van der Waals surface area contributed by atoms with Gasteiger partial charge in [-0.1, -0.05) is 41.4 Å². The summed E-state index contributed by atoms with van der Waals surface area (Å²) in [5.41, 5.74) is 1.40. The molecule has 0 saturated carbocycles. The Labute approximate surface area is 223 Å². The number of carbonyl (C=O) groups is 2. The Balaban J connectivity index is 2.13. The van der Waals surface area contributed by atoms with Crippen LogP contribution in [0, 0.1) is 0 Å². The maximum atomic E-state index is 13.3. The Hall–Kier alpha value is -2.59. The minimum Gasteiger partial charge on any atom is -0.497 e. The van der Waals surface area contributed by atoms with Gasteiger partial charge in [-0.3, -0.25) is 13.9 Å². The highest BCUT2D eigenvalue weighted by atomic mass is 79.9. The monoisotopic (exact) mass is 581 g/mol. The molecule has 8 nitrogen and oxygen atoms in total. The molecule has 0 fully saturated rings. The van der Waals surface area contributed by atoms with E-state index in [9.17, 15) is 18.0 Å². The maximum absolute atomic E-state index is 13.3. The largest absolute Gasteiger partial charge is 0.497 e. The number of sulfonamides is 1. The maximum Gasteiger partial charge on any atom is 0.242 e. The third-order valence-corrected chi connectivity index (χ3v) is 7.50. The normalized spacial score (nSPS) is 12.0. The minimum atomic E-state index is -3.55. The molecule has 36 heavy (non-hydrogen) atoms. The summed E-state index contributed by atoms with van der Waals surface area (Å²) >= 11 is 3.41. The molecule has 0 bridgehead atoms. The summed E-state index contributed by atoms with van der Waals surface area (Å²) in [7, 11) is -2.01. The van der Waals surface area contributed by atoms with Crippen molar-refractivity contribution in [3.63, 3.8) is 0 Å². The number of rotatable bonds is 14. The molecule has 0 heterocycles. The molecule has 2 rings (SSSR count). The van der Waals surface area contributed by atoms with Gasteiger partial charge in [-0.25, -0.2) is 8.42 Å². The Morgan fingerprint density at radius 3 is 2.25 bits per heavy atom. The molecule has 2 aromatic rings. The standard InChI is InChI=1S/C26H36BrN3O5S/c1-5-6-17-28-26(32)20(2)29(19-21-9-11-22(27)12-10-21)25(31)8-7-18-30(36(4,33)34)23-13-15-24(35-3)16-14-23/h9-16,20H,5-8,17-19H2,1-4H3,(H,28,32)/t20-/m1/s1. The molecule has 2 amide bonds. The van der Waals surface area contributed by atoms with Crippen molar-refractivity contribution < 1.29 is 22.7 Å². The molecule has 0 aliphatic heterocycles. The van der Waals surface area contributed by atoms with Crippen LogP contribution in [-0.4, -0.2) is 57.6 Å². The first-order chi connectivity index (χ1) is 17.1. The number of amides is 2. The van der Waals surface area contributed by atoms with Crippen LogP contribution in [0.2, 0.25) is 0 Å². The zero-order chi connectivity index (χ0) is 26.7. The second-order valence-electron chi connectivity index (χ2n) is 8.61. The fourth-order valence-corrected chi connectivity index (χ4v) is 4.89. The fraction of sp³-hybridized carbons (Fsp3) is 0.462. The summed E-state index contributed by atoms with van der Waals surface area (Å²) in [6, 6.07) is 13.7. The minimum absolute atomic E-state index is 0.102. The van der Waals surface area contributed by atoms with Crippen molar-refractivity contribution in [2.45, 2.75) is 52.1 Å². The van der Waals surface area contributed by atoms with Crippen LogP contribution >= 0.6 is 15.9 Å². The molecule has 0 spiro atoms. The van der Waals surface area contributed by atoms with E-state index in [1.807, 2.05) is 31.2 Å². The van der Waals surface area contributed by atoms with Gasteiger partial charge in [0.2, 0.25) is 21.8 Å². The van der Waals surface area contributed by atoms with E-state index in [0.29, 0.717) is 24.4 Å². The predicted molar refractivity (Wildman–Crippen MR) is 146 cm³/mol. The lowest BCUT2D eigenvalue weighted by Gasteiger charge is -2.29. The van der Waals surface area contributed by atoms with Crippen molar-refractivity contribution >= 4 is 43.5 Å². The summed E-state index contributed by atoms with van der Waals surface area (Å²) in [6.45, 7) is 4.75. The van der Waals surface area contributed by atoms with Crippen molar-refractivity contribution in [2.75, 3.05) is 30.8 Å². The van der Waals surface area contributed by atoms with Crippen LogP contribution in [0.15, 0.2) is 53.0 Å². The molecular formula is C26H36BrN3O5S. The quantitative estimate of drug-likeness (QED) is 0.335. The van der Waals surface area contributed by atoms with Gasteiger partial charge >= 0.3 is 0 Å². The molecule has 0 aromatic heterocycles. The summed E-state index contributed by atoms with van der Waals surface area (Å²) in [5, 5.41) is 2.90. The lowest BCUT2D eigenvalue weighted by Crippen LogP contribution is -2.47. The average molecular weight is 583 g/mol. The molecular weight excluding hydrogens is 546 g/mol. The van der Waals surface area contributed by atoms with E-state index in [-0.39, 0.29) is 31.3 Å². The highest BCUT2D eigenvalue weighted by Crippen LogP contribution is 2.22. The Bertz CT molecular complexity index is 1090. The molecule has 0 unspecified atom stereocenters. The second-order valence-corrected chi connectivity index (χ2v) is 11.4. The summed E-state index contributed by atoms with van der Waals surface area (Å²) < 4.78 is 32.2. The third kappa shape index (κ3) is 9.13. The summed E-state index contributed by atoms with van der Waals surface area (Å²) in [4.78, 5) is 27.6. The Kier molecular flexibility index (Phi) is 11.7. The Morgan fingerprint density at radius 1 is 1.06 bits per heavy atom. The molecule has 198 valence electrons. The topological polar surface area (TPSA) is 96.0 Å². The van der Waals surface area contributed by atoms with Crippen molar-refractivity contribution in [3.8, 4) is 5.75 Å². The van der Waals surface area contributed by atoms with Gasteiger partial charge in [-0.05, 0) is 61.7 Å². The molecule has 1 N–H and O–H groups in total. The van der Waals surface area contributed by atoms with Crippen molar-refractivity contribution in [1.29, 1.82) is 0 Å². The zero-order valence-electron chi connectivity index (χ0n) is 21.4. The van der Waals surface area contributed by atoms with E-state index < -0.39 is 16.1 Å². The van der Waals surface area contributed by atoms with Crippen LogP contribution in [-0.2, 0) is 26.2 Å². The molecule has 10 heteroatoms. The number of hydrogen-bond acceptors (Lipinski definition) is 5. The van der Waals surface area contributed by atoms with Crippen molar-refractivity contribution in [3.05, 3.63) is 58.6 Å². The summed E-state index contributed by atoms with van der Waals surface area (Å²) in [6.07, 6.45) is 3.37. The molecule has 0 saturated heterocycles. The number of ether oxygens (including phenoxy) is 1. The number of carbonyl (C=O) groups excluding carboxylic acids is 2. The first kappa shape index (κ1) is 29.6. The van der Waals surface area contributed by atoms with Gasteiger partial charge in [0.25, 0.3) is 0 Å². The number of anilines is 1. The number of nitrogens with zero attached hydrogens (tertiary/aromatic N) is 2. The first-order valence-electron chi connectivity index (χ1n) is 12.0. The van der Waals surface area contributed by atoms with Crippen LogP contribution < -0.4 is 14.4 Å². The lowest BCUT2D eigenvalue weighted by molar-refractivity contribution is -0.140. The van der Waals surface area contributed by atoms with Crippen LogP contribution in [0.4, 0.5) is 5.69 Å². The van der Waals surface area contributed by atoms with Gasteiger partial charge in [0.15, 0.2) is 0 Å². The fourth-order valence-electron chi connectivity index (χ4n) is 3.66. The van der Waals surface area contributed by atoms with Gasteiger partial charge in [-0.2, -0.15) is 0 Å². The highest BCUT2D eigenvalue weighted by Gasteiger charge is 2.26. The van der Waals surface area contributed by atoms with E-state index in [0.717, 1.165) is 29.1 Å². The molecule has 0 aliphatic carbocycles. The first-order valence-corrected chi connectivity index (χ1v) is 14.6. The lowest BCUT2D eigenvalue weighted by atomic mass is 10.1. The Morgan fingerprint density at radius 2 is 1.69 bits per heavy atom. The number of unbranched alkanes of at least 4 members (excludes halogenated alkanes) is 1. The van der Waals surface area contributed by atoms with E-state index in [1.165, 1.54) is 4.31 Å². The average Bonchev–Trinajstić information content (AvgIpc) is 2.85. The second kappa shape index (κ2) is 14.2. The van der Waals surface area contributed by atoms with Crippen molar-refractivity contribution in [1.82, 2.24) is 10.2 Å². The molecule has 0 radical (unpaired) electrons. The SMILES string of the molecule is CCCCNC(=O)[C@@H](C)N(Cc1ccc(Br)cc1)C(=O)CCCN(c1ccc(OC)cc1)S(C)(=O)=O. The van der Waals surface area contributed by atoms with Gasteiger partial charge in [0, 0.05) is 30.5 Å². The smallest absolute Gasteiger partial charge is 0.242 e. The third-order valence-electron chi connectivity index (χ3n) is 5.78. The number of methoxy groups -OCH3 is 1. The molecule has 0 aliphatic rings. The molecule has 1 atom stereocenters. The van der Waals surface area contributed by atoms with Crippen molar-refractivity contribution in [2.24, 2.45) is 0 Å². The zero-order valence-corrected chi connectivity index (χ0v) is 23.8. The van der Waals surface area contributed by atoms with E-state index in [4.69, 9.17) is 4.74 Å². The number of benzene rings is 2. The van der Waals surface area contributed by atoms with E-state index >= 15 is 0 Å². The molecule has 2 aromatic carbocycles. The van der Waals surface area contributed by atoms with E-state index in [2.05, 4.69) is 21.2 Å². The van der Waals surface area contributed by atoms with Crippen LogP contribution in [0.25, 0.3) is 0 Å². The number of halogens is 1. The van der Waals surface area contributed by atoms with Gasteiger partial charge in [0.05, 0.1) is 19.1 Å². The van der Waals surface area contributed by atoms with Gasteiger partial charge < -0.3 is 15.0 Å². The number of hydrogen-bond donors (Lipinski definition) is 1. The van der Waals surface area contributed by atoms with E-state index in [1.54, 1.807) is 43.2 Å². The highest BCUT2D eigenvalue weighted by molar-refractivity contribution is 9.10. The predicted octanol–water partition coefficient (Wildman–Crippen LogP) is 4.34. The van der Waals surface area contributed by atoms with Gasteiger partial charge in [0.1, 0.15) is 11.8 Å². The van der Waals surface area contributed by atoms with Crippen LogP contribution in [0.1, 0.15) is 45.1 Å². The summed E-state index contributed by atoms with van der Waals surface area (Å²) in [5.74, 6) is 0.210. The van der Waals surface area contributed by atoms with Gasteiger partial charge in [-0.15, -0.1) is 0 Å². The van der Waals surface area contributed by atoms with Crippen LogP contribution in [0.5, 0.6) is 5.75 Å².